The number of anilines is 2. The van der Waals surface area contributed by atoms with Gasteiger partial charge in [0.05, 0.1) is 18.5 Å². The molecule has 2 aromatic carbocycles. The molecule has 7 nitrogen and oxygen atoms in total. The van der Waals surface area contributed by atoms with Crippen molar-refractivity contribution >= 4 is 33.2 Å². The molecular formula is C18H19N3O4S. The molecule has 1 heterocycles. The van der Waals surface area contributed by atoms with Gasteiger partial charge in [0.15, 0.2) is 0 Å². The van der Waals surface area contributed by atoms with Crippen molar-refractivity contribution in [1.82, 2.24) is 5.32 Å². The summed E-state index contributed by atoms with van der Waals surface area (Å²) in [5, 5.41) is 5.22. The van der Waals surface area contributed by atoms with Gasteiger partial charge < -0.3 is 10.6 Å². The maximum atomic E-state index is 12.1. The van der Waals surface area contributed by atoms with Crippen LogP contribution in [0.4, 0.5) is 11.4 Å². The quantitative estimate of drug-likeness (QED) is 0.828. The van der Waals surface area contributed by atoms with Crippen molar-refractivity contribution in [3.8, 4) is 0 Å². The monoisotopic (exact) mass is 373 g/mol. The summed E-state index contributed by atoms with van der Waals surface area (Å²) in [4.78, 5) is 24.0. The summed E-state index contributed by atoms with van der Waals surface area (Å²) in [6.45, 7) is 0.222. The molecule has 0 radical (unpaired) electrons. The fourth-order valence-corrected chi connectivity index (χ4v) is 3.78. The van der Waals surface area contributed by atoms with Crippen molar-refractivity contribution in [2.75, 3.05) is 29.0 Å². The van der Waals surface area contributed by atoms with Crippen molar-refractivity contribution in [2.45, 2.75) is 6.42 Å². The Morgan fingerprint density at radius 1 is 1.12 bits per heavy atom. The zero-order valence-corrected chi connectivity index (χ0v) is 15.0. The summed E-state index contributed by atoms with van der Waals surface area (Å²) >= 11 is 0. The van der Waals surface area contributed by atoms with E-state index < -0.39 is 15.9 Å². The molecular weight excluding hydrogens is 354 g/mol. The first-order valence-electron chi connectivity index (χ1n) is 8.08. The third-order valence-corrected chi connectivity index (χ3v) is 5.25. The fourth-order valence-electron chi connectivity index (χ4n) is 2.83. The molecule has 1 aliphatic rings. The summed E-state index contributed by atoms with van der Waals surface area (Å²) < 4.78 is 25.0. The molecule has 2 N–H and O–H groups in total. The second kappa shape index (κ2) is 7.17. The van der Waals surface area contributed by atoms with Crippen LogP contribution >= 0.6 is 0 Å². The molecule has 0 bridgehead atoms. The second-order valence-electron chi connectivity index (χ2n) is 6.03. The van der Waals surface area contributed by atoms with E-state index in [1.165, 1.54) is 4.31 Å². The number of benzene rings is 2. The number of carbonyl (C=O) groups excluding carboxylic acids is 2. The summed E-state index contributed by atoms with van der Waals surface area (Å²) in [5.41, 5.74) is 2.46. The van der Waals surface area contributed by atoms with Gasteiger partial charge in [0, 0.05) is 17.8 Å². The fraction of sp³-hybridized carbons (Fsp3) is 0.222. The maximum absolute atomic E-state index is 12.1. The number of carbonyl (C=O) groups is 2. The lowest BCUT2D eigenvalue weighted by molar-refractivity contribution is -0.115. The highest BCUT2D eigenvalue weighted by Gasteiger charge is 2.26. The summed E-state index contributed by atoms with van der Waals surface area (Å²) in [6.07, 6.45) is 1.80. The number of nitrogens with zero attached hydrogens (tertiary/aromatic N) is 1. The lowest BCUT2D eigenvalue weighted by atomic mass is 10.1. The Hall–Kier alpha value is -2.87. The minimum atomic E-state index is -3.35. The third kappa shape index (κ3) is 4.02. The molecule has 3 rings (SSSR count). The molecule has 0 saturated heterocycles. The van der Waals surface area contributed by atoms with Crippen LogP contribution in [0.15, 0.2) is 48.5 Å². The van der Waals surface area contributed by atoms with Gasteiger partial charge in [0.25, 0.3) is 5.91 Å². The Labute approximate surface area is 152 Å². The molecule has 0 atom stereocenters. The molecule has 0 aromatic heterocycles. The molecule has 136 valence electrons. The molecule has 26 heavy (non-hydrogen) atoms. The highest BCUT2D eigenvalue weighted by Crippen LogP contribution is 2.32. The maximum Gasteiger partial charge on any atom is 0.251 e. The number of hydrogen-bond acceptors (Lipinski definition) is 4. The summed E-state index contributed by atoms with van der Waals surface area (Å²) in [5.74, 6) is -0.726. The topological polar surface area (TPSA) is 95.6 Å². The largest absolute Gasteiger partial charge is 0.343 e. The lowest BCUT2D eigenvalue weighted by Gasteiger charge is -2.17. The minimum absolute atomic E-state index is 0.180. The predicted molar refractivity (Wildman–Crippen MR) is 99.7 cm³/mol. The molecule has 0 unspecified atom stereocenters. The van der Waals surface area contributed by atoms with Gasteiger partial charge in [-0.3, -0.25) is 13.9 Å². The Balaban J connectivity index is 1.63. The van der Waals surface area contributed by atoms with Gasteiger partial charge in [-0.15, -0.1) is 0 Å². The van der Waals surface area contributed by atoms with Gasteiger partial charge in [-0.25, -0.2) is 8.42 Å². The van der Waals surface area contributed by atoms with Gasteiger partial charge >= 0.3 is 0 Å². The van der Waals surface area contributed by atoms with E-state index in [-0.39, 0.29) is 12.5 Å². The second-order valence-corrected chi connectivity index (χ2v) is 7.93. The molecule has 0 fully saturated rings. The van der Waals surface area contributed by atoms with E-state index in [0.717, 1.165) is 11.8 Å². The number of rotatable bonds is 5. The number of nitrogens with one attached hydrogen (secondary N) is 2. The van der Waals surface area contributed by atoms with Crippen LogP contribution in [-0.4, -0.2) is 39.6 Å². The molecule has 0 aliphatic carbocycles. The predicted octanol–water partition coefficient (Wildman–Crippen LogP) is 1.38. The number of sulfonamides is 1. The Kier molecular flexibility index (Phi) is 4.94. The first-order chi connectivity index (χ1) is 12.3. The average Bonchev–Trinajstić information content (AvgIpc) is 3.04. The Bertz CT molecular complexity index is 942. The van der Waals surface area contributed by atoms with Crippen molar-refractivity contribution in [3.63, 3.8) is 0 Å². The van der Waals surface area contributed by atoms with Crippen molar-refractivity contribution in [3.05, 3.63) is 59.7 Å². The van der Waals surface area contributed by atoms with E-state index in [9.17, 15) is 18.0 Å². The normalized spacial score (nSPS) is 13.2. The first kappa shape index (κ1) is 17.9. The van der Waals surface area contributed by atoms with E-state index in [1.54, 1.807) is 48.5 Å². The van der Waals surface area contributed by atoms with Crippen LogP contribution in [-0.2, 0) is 21.2 Å². The number of amides is 2. The highest BCUT2D eigenvalue weighted by atomic mass is 32.2. The van der Waals surface area contributed by atoms with Crippen LogP contribution in [0.2, 0.25) is 0 Å². The lowest BCUT2D eigenvalue weighted by Crippen LogP contribution is -2.32. The number of hydrogen-bond donors (Lipinski definition) is 2. The standard InChI is InChI=1S/C18H19N3O4S/c1-26(24,25)21-10-9-13-7-8-15(11-16(13)21)20-17(22)12-19-18(23)14-5-3-2-4-6-14/h2-8,11H,9-10,12H2,1H3,(H,19,23)(H,20,22). The van der Waals surface area contributed by atoms with E-state index in [1.807, 2.05) is 0 Å². The van der Waals surface area contributed by atoms with E-state index in [2.05, 4.69) is 10.6 Å². The molecule has 0 saturated carbocycles. The van der Waals surface area contributed by atoms with Gasteiger partial charge in [-0.1, -0.05) is 24.3 Å². The zero-order valence-electron chi connectivity index (χ0n) is 14.2. The van der Waals surface area contributed by atoms with Gasteiger partial charge in [-0.05, 0) is 36.2 Å². The third-order valence-electron chi connectivity index (χ3n) is 4.07. The summed E-state index contributed by atoms with van der Waals surface area (Å²) in [7, 11) is -3.35. The Morgan fingerprint density at radius 2 is 1.85 bits per heavy atom. The zero-order chi connectivity index (χ0) is 18.7. The first-order valence-corrected chi connectivity index (χ1v) is 9.93. The molecule has 2 aromatic rings. The number of fused-ring (bicyclic) bond motifs is 1. The minimum Gasteiger partial charge on any atom is -0.343 e. The van der Waals surface area contributed by atoms with Crippen molar-refractivity contribution in [1.29, 1.82) is 0 Å². The van der Waals surface area contributed by atoms with Crippen molar-refractivity contribution in [2.24, 2.45) is 0 Å². The molecule has 0 spiro atoms. The van der Waals surface area contributed by atoms with Gasteiger partial charge in [-0.2, -0.15) is 0 Å². The highest BCUT2D eigenvalue weighted by molar-refractivity contribution is 7.92. The van der Waals surface area contributed by atoms with Crippen molar-refractivity contribution < 1.29 is 18.0 Å². The average molecular weight is 373 g/mol. The van der Waals surface area contributed by atoms with Crippen LogP contribution in [0.3, 0.4) is 0 Å². The van der Waals surface area contributed by atoms with Crippen LogP contribution < -0.4 is 14.9 Å². The van der Waals surface area contributed by atoms with Gasteiger partial charge in [0.2, 0.25) is 15.9 Å². The molecule has 8 heteroatoms. The van der Waals surface area contributed by atoms with Crippen LogP contribution in [0.25, 0.3) is 0 Å². The van der Waals surface area contributed by atoms with Crippen LogP contribution in [0, 0.1) is 0 Å². The van der Waals surface area contributed by atoms with E-state index in [0.29, 0.717) is 29.9 Å². The Morgan fingerprint density at radius 3 is 2.54 bits per heavy atom. The van der Waals surface area contributed by atoms with Crippen LogP contribution in [0.5, 0.6) is 0 Å². The van der Waals surface area contributed by atoms with E-state index >= 15 is 0 Å². The van der Waals surface area contributed by atoms with Crippen LogP contribution in [0.1, 0.15) is 15.9 Å². The SMILES string of the molecule is CS(=O)(=O)N1CCc2ccc(NC(=O)CNC(=O)c3ccccc3)cc21. The molecule has 2 amide bonds. The smallest absolute Gasteiger partial charge is 0.251 e. The molecule has 1 aliphatic heterocycles. The summed E-state index contributed by atoms with van der Waals surface area (Å²) in [6, 6.07) is 13.8. The van der Waals surface area contributed by atoms with Gasteiger partial charge in [0.1, 0.15) is 0 Å². The van der Waals surface area contributed by atoms with E-state index in [4.69, 9.17) is 0 Å².